The summed E-state index contributed by atoms with van der Waals surface area (Å²) in [4.78, 5) is 0. The molecule has 0 radical (unpaired) electrons. The molecule has 1 aromatic rings. The van der Waals surface area contributed by atoms with E-state index in [4.69, 9.17) is 0 Å². The fourth-order valence-electron chi connectivity index (χ4n) is 1.74. The van der Waals surface area contributed by atoms with Crippen LogP contribution in [0.4, 0.5) is 8.78 Å². The third-order valence-corrected chi connectivity index (χ3v) is 3.08. The summed E-state index contributed by atoms with van der Waals surface area (Å²) in [5, 5.41) is 12.7. The lowest BCUT2D eigenvalue weighted by molar-refractivity contribution is 0.115. The van der Waals surface area contributed by atoms with Crippen LogP contribution in [-0.2, 0) is 0 Å². The van der Waals surface area contributed by atoms with E-state index < -0.39 is 11.6 Å². The summed E-state index contributed by atoms with van der Waals surface area (Å²) < 4.78 is 26.5. The second kappa shape index (κ2) is 6.81. The Labute approximate surface area is 107 Å². The topological polar surface area (TPSA) is 32.3 Å². The molecule has 0 fully saturated rings. The van der Waals surface area contributed by atoms with E-state index >= 15 is 0 Å². The van der Waals surface area contributed by atoms with Crippen LogP contribution in [0.15, 0.2) is 18.2 Å². The summed E-state index contributed by atoms with van der Waals surface area (Å²) in [5.74, 6) is -0.656. The van der Waals surface area contributed by atoms with Crippen molar-refractivity contribution in [2.24, 2.45) is 5.92 Å². The van der Waals surface area contributed by atoms with Gasteiger partial charge in [-0.2, -0.15) is 0 Å². The molecule has 4 heteroatoms. The molecule has 0 aromatic heterocycles. The van der Waals surface area contributed by atoms with E-state index in [1.165, 1.54) is 6.07 Å². The molecule has 2 unspecified atom stereocenters. The molecule has 0 amide bonds. The number of hydrogen-bond donors (Lipinski definition) is 2. The Hall–Kier alpha value is -1.00. The van der Waals surface area contributed by atoms with Gasteiger partial charge in [-0.1, -0.05) is 13.8 Å². The molecule has 0 aliphatic heterocycles. The zero-order valence-electron chi connectivity index (χ0n) is 11.1. The Bertz CT molecular complexity index is 382. The monoisotopic (exact) mass is 257 g/mol. The largest absolute Gasteiger partial charge is 0.393 e. The summed E-state index contributed by atoms with van der Waals surface area (Å²) in [6, 6.07) is 3.16. The van der Waals surface area contributed by atoms with Gasteiger partial charge in [-0.25, -0.2) is 8.78 Å². The quantitative estimate of drug-likeness (QED) is 0.821. The Morgan fingerprint density at radius 3 is 2.50 bits per heavy atom. The van der Waals surface area contributed by atoms with Gasteiger partial charge in [0.1, 0.15) is 11.6 Å². The molecule has 0 heterocycles. The molecule has 0 aliphatic rings. The molecule has 0 aliphatic carbocycles. The van der Waals surface area contributed by atoms with Crippen LogP contribution in [0.5, 0.6) is 0 Å². The summed E-state index contributed by atoms with van der Waals surface area (Å²) in [7, 11) is 0. The van der Waals surface area contributed by atoms with Gasteiger partial charge in [-0.05, 0) is 44.0 Å². The summed E-state index contributed by atoms with van der Waals surface area (Å²) in [5.41, 5.74) is 0.314. The molecule has 2 nitrogen and oxygen atoms in total. The summed E-state index contributed by atoms with van der Waals surface area (Å²) >= 11 is 0. The first-order chi connectivity index (χ1) is 8.41. The van der Waals surface area contributed by atoms with Crippen LogP contribution >= 0.6 is 0 Å². The number of hydrogen-bond acceptors (Lipinski definition) is 2. The van der Waals surface area contributed by atoms with Crippen LogP contribution in [0.2, 0.25) is 0 Å². The number of aliphatic hydroxyl groups excluding tert-OH is 1. The van der Waals surface area contributed by atoms with Crippen LogP contribution < -0.4 is 5.32 Å². The van der Waals surface area contributed by atoms with Crippen molar-refractivity contribution in [1.29, 1.82) is 0 Å². The molecule has 0 saturated carbocycles. The van der Waals surface area contributed by atoms with Crippen molar-refractivity contribution in [3.05, 3.63) is 35.4 Å². The summed E-state index contributed by atoms with van der Waals surface area (Å²) in [6.45, 7) is 6.23. The minimum Gasteiger partial charge on any atom is -0.393 e. The van der Waals surface area contributed by atoms with E-state index in [0.717, 1.165) is 12.1 Å². The number of aliphatic hydroxyl groups is 1. The Balaban J connectivity index is 2.50. The highest BCUT2D eigenvalue weighted by molar-refractivity contribution is 5.21. The molecule has 0 saturated heterocycles. The average molecular weight is 257 g/mol. The zero-order chi connectivity index (χ0) is 13.7. The van der Waals surface area contributed by atoms with E-state index in [9.17, 15) is 13.9 Å². The van der Waals surface area contributed by atoms with E-state index in [1.807, 2.05) is 13.8 Å². The van der Waals surface area contributed by atoms with Crippen molar-refractivity contribution < 1.29 is 13.9 Å². The van der Waals surface area contributed by atoms with Crippen LogP contribution in [0, 0.1) is 17.6 Å². The Kier molecular flexibility index (Phi) is 5.69. The fraction of sp³-hybridized carbons (Fsp3) is 0.571. The van der Waals surface area contributed by atoms with Gasteiger partial charge in [0.15, 0.2) is 0 Å². The van der Waals surface area contributed by atoms with Crippen molar-refractivity contribution in [1.82, 2.24) is 5.32 Å². The molecule has 1 rings (SSSR count). The number of halogens is 2. The maximum absolute atomic E-state index is 13.5. The molecule has 102 valence electrons. The number of nitrogens with one attached hydrogen (secondary N) is 1. The SMILES string of the molecule is CC(NCCC(O)C(C)C)c1cc(F)ccc1F. The van der Waals surface area contributed by atoms with Crippen LogP contribution in [-0.4, -0.2) is 17.8 Å². The maximum atomic E-state index is 13.5. The van der Waals surface area contributed by atoms with Crippen LogP contribution in [0.3, 0.4) is 0 Å². The first-order valence-electron chi connectivity index (χ1n) is 6.28. The first-order valence-corrected chi connectivity index (χ1v) is 6.28. The standard InChI is InChI=1S/C14H21F2NO/c1-9(2)14(18)6-7-17-10(3)12-8-11(15)4-5-13(12)16/h4-5,8-10,14,17-18H,6-7H2,1-3H3. The third kappa shape index (κ3) is 4.35. The summed E-state index contributed by atoms with van der Waals surface area (Å²) in [6.07, 6.45) is 0.223. The van der Waals surface area contributed by atoms with Crippen LogP contribution in [0.25, 0.3) is 0 Å². The predicted octanol–water partition coefficient (Wildman–Crippen LogP) is 3.02. The normalized spacial score (nSPS) is 14.8. The van der Waals surface area contributed by atoms with Gasteiger partial charge in [0, 0.05) is 11.6 Å². The maximum Gasteiger partial charge on any atom is 0.128 e. The highest BCUT2D eigenvalue weighted by Gasteiger charge is 2.13. The lowest BCUT2D eigenvalue weighted by atomic mass is 10.0. The lowest BCUT2D eigenvalue weighted by Gasteiger charge is -2.18. The highest BCUT2D eigenvalue weighted by atomic mass is 19.1. The van der Waals surface area contributed by atoms with Crippen LogP contribution in [0.1, 0.15) is 38.8 Å². The second-order valence-electron chi connectivity index (χ2n) is 4.94. The molecule has 0 bridgehead atoms. The number of rotatable bonds is 6. The number of benzene rings is 1. The average Bonchev–Trinajstić information content (AvgIpc) is 2.31. The fourth-order valence-corrected chi connectivity index (χ4v) is 1.74. The van der Waals surface area contributed by atoms with Gasteiger partial charge >= 0.3 is 0 Å². The first kappa shape index (κ1) is 15.1. The van der Waals surface area contributed by atoms with E-state index in [0.29, 0.717) is 18.5 Å². The Morgan fingerprint density at radius 2 is 1.89 bits per heavy atom. The second-order valence-corrected chi connectivity index (χ2v) is 4.94. The lowest BCUT2D eigenvalue weighted by Crippen LogP contribution is -2.26. The van der Waals surface area contributed by atoms with E-state index in [2.05, 4.69) is 5.32 Å². The van der Waals surface area contributed by atoms with Gasteiger partial charge in [0.25, 0.3) is 0 Å². The van der Waals surface area contributed by atoms with Crippen molar-refractivity contribution >= 4 is 0 Å². The predicted molar refractivity (Wildman–Crippen MR) is 68.2 cm³/mol. The molecule has 1 aromatic carbocycles. The zero-order valence-corrected chi connectivity index (χ0v) is 11.1. The molecule has 0 spiro atoms. The van der Waals surface area contributed by atoms with Gasteiger partial charge in [-0.15, -0.1) is 0 Å². The third-order valence-electron chi connectivity index (χ3n) is 3.08. The van der Waals surface area contributed by atoms with Gasteiger partial charge in [0.05, 0.1) is 6.10 Å². The van der Waals surface area contributed by atoms with Crippen molar-refractivity contribution in [3.63, 3.8) is 0 Å². The molecular weight excluding hydrogens is 236 g/mol. The molecular formula is C14H21F2NO. The van der Waals surface area contributed by atoms with Crippen molar-refractivity contribution in [2.45, 2.75) is 39.3 Å². The Morgan fingerprint density at radius 1 is 1.22 bits per heavy atom. The van der Waals surface area contributed by atoms with E-state index in [-0.39, 0.29) is 18.1 Å². The van der Waals surface area contributed by atoms with Crippen molar-refractivity contribution in [3.8, 4) is 0 Å². The minimum atomic E-state index is -0.442. The molecule has 18 heavy (non-hydrogen) atoms. The molecule has 2 atom stereocenters. The van der Waals surface area contributed by atoms with Gasteiger partial charge < -0.3 is 10.4 Å². The van der Waals surface area contributed by atoms with Crippen molar-refractivity contribution in [2.75, 3.05) is 6.54 Å². The molecule has 2 N–H and O–H groups in total. The van der Waals surface area contributed by atoms with E-state index in [1.54, 1.807) is 6.92 Å². The smallest absolute Gasteiger partial charge is 0.128 e. The minimum absolute atomic E-state index is 0.202. The van der Waals surface area contributed by atoms with Gasteiger partial charge in [-0.3, -0.25) is 0 Å². The highest BCUT2D eigenvalue weighted by Crippen LogP contribution is 2.18. The van der Waals surface area contributed by atoms with Gasteiger partial charge in [0.2, 0.25) is 0 Å².